The third-order valence-electron chi connectivity index (χ3n) is 8.01. The van der Waals surface area contributed by atoms with Crippen molar-refractivity contribution in [3.63, 3.8) is 0 Å². The highest BCUT2D eigenvalue weighted by Gasteiger charge is 2.54. The van der Waals surface area contributed by atoms with Crippen molar-refractivity contribution in [2.45, 2.75) is 44.2 Å². The Morgan fingerprint density at radius 3 is 2.70 bits per heavy atom. The van der Waals surface area contributed by atoms with Crippen molar-refractivity contribution in [2.75, 3.05) is 19.6 Å². The maximum atomic E-state index is 14.1. The molecule has 8 heteroatoms. The van der Waals surface area contributed by atoms with Crippen molar-refractivity contribution in [1.29, 1.82) is 0 Å². The average molecular weight is 504 g/mol. The highest BCUT2D eigenvalue weighted by Crippen LogP contribution is 2.47. The van der Waals surface area contributed by atoms with E-state index >= 15 is 0 Å². The van der Waals surface area contributed by atoms with Crippen LogP contribution in [0, 0.1) is 17.2 Å². The summed E-state index contributed by atoms with van der Waals surface area (Å²) in [4.78, 5) is 31.1. The van der Waals surface area contributed by atoms with Gasteiger partial charge in [-0.1, -0.05) is 47.6 Å². The van der Waals surface area contributed by atoms with Crippen LogP contribution in [0.25, 0.3) is 11.3 Å². The number of hydrogen-bond donors (Lipinski definition) is 1. The Morgan fingerprint density at radius 1 is 1.14 bits per heavy atom. The molecule has 2 saturated heterocycles. The number of carbonyl (C=O) groups is 2. The van der Waals surface area contributed by atoms with Crippen LogP contribution in [0.3, 0.4) is 0 Å². The average Bonchev–Trinajstić information content (AvgIpc) is 3.59. The molecule has 0 bridgehead atoms. The number of nitrogens with zero attached hydrogens (tertiary/aromatic N) is 3. The molecule has 0 radical (unpaired) electrons. The molecule has 3 aliphatic rings. The van der Waals surface area contributed by atoms with Gasteiger partial charge in [-0.15, -0.1) is 0 Å². The van der Waals surface area contributed by atoms with Gasteiger partial charge in [0.1, 0.15) is 11.5 Å². The van der Waals surface area contributed by atoms with E-state index in [1.165, 1.54) is 18.2 Å². The van der Waals surface area contributed by atoms with Crippen molar-refractivity contribution in [3.8, 4) is 11.3 Å². The highest BCUT2D eigenvalue weighted by molar-refractivity contribution is 5.93. The lowest BCUT2D eigenvalue weighted by Gasteiger charge is -2.52. The fourth-order valence-electron chi connectivity index (χ4n) is 6.03. The fraction of sp³-hybridized carbons (Fsp3) is 0.414. The summed E-state index contributed by atoms with van der Waals surface area (Å²) in [6.45, 7) is 1.34. The molecule has 3 fully saturated rings. The molecule has 3 heterocycles. The molecule has 1 aliphatic carbocycles. The number of amides is 2. The van der Waals surface area contributed by atoms with Crippen LogP contribution in [-0.4, -0.2) is 57.6 Å². The largest absolute Gasteiger partial charge is 0.391 e. The Bertz CT molecular complexity index is 1310. The van der Waals surface area contributed by atoms with Crippen LogP contribution >= 0.6 is 0 Å². The minimum atomic E-state index is -0.834. The second-order valence-corrected chi connectivity index (χ2v) is 10.7. The van der Waals surface area contributed by atoms with Gasteiger partial charge in [0.15, 0.2) is 0 Å². The van der Waals surface area contributed by atoms with E-state index in [0.29, 0.717) is 49.5 Å². The summed E-state index contributed by atoms with van der Waals surface area (Å²) in [6.07, 6.45) is 3.05. The molecule has 1 spiro atoms. The monoisotopic (exact) mass is 503 g/mol. The van der Waals surface area contributed by atoms with E-state index in [9.17, 15) is 19.1 Å². The number of piperidine rings is 2. The van der Waals surface area contributed by atoms with Gasteiger partial charge in [-0.05, 0) is 55.7 Å². The molecule has 6 rings (SSSR count). The summed E-state index contributed by atoms with van der Waals surface area (Å²) in [5.74, 6) is -0.207. The predicted octanol–water partition coefficient (Wildman–Crippen LogP) is 4.45. The topological polar surface area (TPSA) is 86.9 Å². The zero-order chi connectivity index (χ0) is 25.6. The van der Waals surface area contributed by atoms with E-state index in [2.05, 4.69) is 5.16 Å². The molecule has 3 aromatic rings. The van der Waals surface area contributed by atoms with Gasteiger partial charge in [-0.3, -0.25) is 9.59 Å². The molecule has 0 unspecified atom stereocenters. The SMILES string of the molecule is O=C(c1cc(-c2cccc(F)c2)no1)N1CCC[C@@]2(C[C@@H](O)[C@H](c3ccccc3)N(CC3CC3)C2=O)C1. The fourth-order valence-corrected chi connectivity index (χ4v) is 6.03. The molecule has 192 valence electrons. The molecule has 3 atom stereocenters. The van der Waals surface area contributed by atoms with Crippen LogP contribution in [0.1, 0.15) is 54.3 Å². The molecule has 1 N–H and O–H groups in total. The van der Waals surface area contributed by atoms with E-state index in [1.807, 2.05) is 35.2 Å². The van der Waals surface area contributed by atoms with Gasteiger partial charge >= 0.3 is 0 Å². The quantitative estimate of drug-likeness (QED) is 0.556. The Morgan fingerprint density at radius 2 is 1.95 bits per heavy atom. The number of aromatic nitrogens is 1. The maximum absolute atomic E-state index is 14.1. The van der Waals surface area contributed by atoms with E-state index < -0.39 is 17.3 Å². The summed E-state index contributed by atoms with van der Waals surface area (Å²) in [5.41, 5.74) is 0.999. The Balaban J connectivity index is 1.25. The van der Waals surface area contributed by atoms with Gasteiger partial charge in [0, 0.05) is 31.3 Å². The number of benzene rings is 2. The molecule has 37 heavy (non-hydrogen) atoms. The first-order valence-electron chi connectivity index (χ1n) is 13.0. The zero-order valence-electron chi connectivity index (χ0n) is 20.6. The highest BCUT2D eigenvalue weighted by atomic mass is 19.1. The lowest BCUT2D eigenvalue weighted by Crippen LogP contribution is -2.61. The number of rotatable bonds is 5. The minimum Gasteiger partial charge on any atom is -0.391 e. The van der Waals surface area contributed by atoms with Gasteiger partial charge in [0.2, 0.25) is 11.7 Å². The summed E-state index contributed by atoms with van der Waals surface area (Å²) >= 11 is 0. The van der Waals surface area contributed by atoms with Crippen LogP contribution < -0.4 is 0 Å². The Kier molecular flexibility index (Phi) is 6.07. The first kappa shape index (κ1) is 23.9. The molecule has 2 aliphatic heterocycles. The molecular formula is C29H30FN3O4. The molecule has 1 aromatic heterocycles. The molecular weight excluding hydrogens is 473 g/mol. The van der Waals surface area contributed by atoms with Crippen LogP contribution in [-0.2, 0) is 4.79 Å². The summed E-state index contributed by atoms with van der Waals surface area (Å²) in [6, 6.07) is 16.8. The van der Waals surface area contributed by atoms with E-state index in [4.69, 9.17) is 4.52 Å². The van der Waals surface area contributed by atoms with Crippen LogP contribution in [0.5, 0.6) is 0 Å². The molecule has 7 nitrogen and oxygen atoms in total. The lowest BCUT2D eigenvalue weighted by molar-refractivity contribution is -0.164. The summed E-state index contributed by atoms with van der Waals surface area (Å²) in [7, 11) is 0. The first-order chi connectivity index (χ1) is 17.9. The van der Waals surface area contributed by atoms with Crippen molar-refractivity contribution in [1.82, 2.24) is 15.0 Å². The number of carbonyl (C=O) groups excluding carboxylic acids is 2. The zero-order valence-corrected chi connectivity index (χ0v) is 20.6. The van der Waals surface area contributed by atoms with Gasteiger partial charge in [-0.25, -0.2) is 4.39 Å². The molecule has 2 aromatic carbocycles. The number of aliphatic hydroxyl groups is 1. The van der Waals surface area contributed by atoms with Gasteiger partial charge in [-0.2, -0.15) is 0 Å². The third kappa shape index (κ3) is 4.55. The number of halogens is 1. The van der Waals surface area contributed by atoms with Crippen molar-refractivity contribution >= 4 is 11.8 Å². The van der Waals surface area contributed by atoms with Crippen LogP contribution in [0.2, 0.25) is 0 Å². The smallest absolute Gasteiger partial charge is 0.292 e. The molecule has 1 saturated carbocycles. The van der Waals surface area contributed by atoms with Gasteiger partial charge < -0.3 is 19.4 Å². The number of hydrogen-bond acceptors (Lipinski definition) is 5. The predicted molar refractivity (Wildman–Crippen MR) is 134 cm³/mol. The van der Waals surface area contributed by atoms with E-state index in [-0.39, 0.29) is 30.2 Å². The third-order valence-corrected chi connectivity index (χ3v) is 8.01. The number of aliphatic hydroxyl groups excluding tert-OH is 1. The standard InChI is InChI=1S/C29H30FN3O4/c30-22-9-4-8-21(14-22)23-15-25(37-31-23)27(35)32-13-5-12-29(18-32)16-24(34)26(20-6-2-1-3-7-20)33(28(29)36)17-19-10-11-19/h1-4,6-9,14-15,19,24,26,34H,5,10-13,16-18H2/t24-,26+,29-/m1/s1. The van der Waals surface area contributed by atoms with Gasteiger partial charge in [0.05, 0.1) is 17.6 Å². The lowest BCUT2D eigenvalue weighted by atomic mass is 9.69. The minimum absolute atomic E-state index is 0.0223. The summed E-state index contributed by atoms with van der Waals surface area (Å²) < 4.78 is 19.0. The van der Waals surface area contributed by atoms with Crippen molar-refractivity contribution in [2.24, 2.45) is 11.3 Å². The van der Waals surface area contributed by atoms with Crippen LogP contribution in [0.15, 0.2) is 65.2 Å². The van der Waals surface area contributed by atoms with E-state index in [1.54, 1.807) is 17.0 Å². The van der Waals surface area contributed by atoms with Crippen LogP contribution in [0.4, 0.5) is 4.39 Å². The van der Waals surface area contributed by atoms with Crippen molar-refractivity contribution in [3.05, 3.63) is 77.8 Å². The number of likely N-dealkylation sites (tertiary alicyclic amines) is 2. The molecule has 2 amide bonds. The second kappa shape index (κ2) is 9.41. The Labute approximate surface area is 214 Å². The van der Waals surface area contributed by atoms with E-state index in [0.717, 1.165) is 18.4 Å². The first-order valence-corrected chi connectivity index (χ1v) is 13.0. The summed E-state index contributed by atoms with van der Waals surface area (Å²) in [5, 5.41) is 15.4. The normalized spacial score (nSPS) is 26.1. The Hall–Kier alpha value is -3.52. The van der Waals surface area contributed by atoms with Crippen molar-refractivity contribution < 1.29 is 23.6 Å². The van der Waals surface area contributed by atoms with Gasteiger partial charge in [0.25, 0.3) is 5.91 Å². The second-order valence-electron chi connectivity index (χ2n) is 10.7. The maximum Gasteiger partial charge on any atom is 0.292 e.